The average Bonchev–Trinajstić information content (AvgIpc) is 2.46. The lowest BCUT2D eigenvalue weighted by atomic mass is 10.0. The summed E-state index contributed by atoms with van der Waals surface area (Å²) in [6.07, 6.45) is 4.12. The predicted octanol–water partition coefficient (Wildman–Crippen LogP) is 5.47. The summed E-state index contributed by atoms with van der Waals surface area (Å²) in [6, 6.07) is 3.51. The highest BCUT2D eigenvalue weighted by Crippen LogP contribution is 2.32. The summed E-state index contributed by atoms with van der Waals surface area (Å²) in [7, 11) is 0. The first-order valence-corrected chi connectivity index (χ1v) is 8.01. The molecule has 0 aromatic heterocycles. The number of nitrogens with two attached hydrogens (primary N) is 1. The van der Waals surface area contributed by atoms with Crippen LogP contribution < -0.4 is 5.73 Å². The molecule has 1 aromatic carbocycles. The molecule has 22 heavy (non-hydrogen) atoms. The minimum Gasteiger partial charge on any atom is -0.330 e. The molecule has 126 valence electrons. The van der Waals surface area contributed by atoms with Crippen LogP contribution in [0.2, 0.25) is 0 Å². The molecule has 0 atom stereocenters. The zero-order chi connectivity index (χ0) is 16.4. The number of alkyl halides is 3. The fourth-order valence-corrected chi connectivity index (χ4v) is 2.51. The van der Waals surface area contributed by atoms with Crippen LogP contribution in [0.4, 0.5) is 17.6 Å². The summed E-state index contributed by atoms with van der Waals surface area (Å²) >= 11 is 0. The van der Waals surface area contributed by atoms with Crippen molar-refractivity contribution in [2.24, 2.45) is 5.73 Å². The Morgan fingerprint density at radius 2 is 1.36 bits per heavy atom. The van der Waals surface area contributed by atoms with Gasteiger partial charge in [-0.05, 0) is 37.4 Å². The Bertz CT molecular complexity index is 429. The second-order valence-electron chi connectivity index (χ2n) is 5.64. The van der Waals surface area contributed by atoms with Crippen molar-refractivity contribution in [1.29, 1.82) is 0 Å². The molecule has 1 rings (SSSR count). The summed E-state index contributed by atoms with van der Waals surface area (Å²) < 4.78 is 51.6. The molecular weight excluding hydrogens is 294 g/mol. The number of rotatable bonds is 10. The van der Waals surface area contributed by atoms with Crippen LogP contribution in [0.1, 0.15) is 62.5 Å². The maximum absolute atomic E-state index is 13.8. The normalized spacial score (nSPS) is 11.9. The van der Waals surface area contributed by atoms with Gasteiger partial charge in [-0.3, -0.25) is 0 Å². The van der Waals surface area contributed by atoms with Gasteiger partial charge in [0.2, 0.25) is 0 Å². The molecule has 0 bridgehead atoms. The van der Waals surface area contributed by atoms with Crippen LogP contribution in [0.25, 0.3) is 0 Å². The molecule has 0 heterocycles. The van der Waals surface area contributed by atoms with Gasteiger partial charge in [0.15, 0.2) is 0 Å². The first-order valence-electron chi connectivity index (χ1n) is 8.01. The van der Waals surface area contributed by atoms with Gasteiger partial charge in [0.1, 0.15) is 5.82 Å². The molecule has 2 N–H and O–H groups in total. The molecule has 1 nitrogen and oxygen atoms in total. The lowest BCUT2D eigenvalue weighted by Crippen LogP contribution is -2.09. The van der Waals surface area contributed by atoms with Gasteiger partial charge in [0, 0.05) is 0 Å². The van der Waals surface area contributed by atoms with Gasteiger partial charge in [0.05, 0.1) is 5.56 Å². The van der Waals surface area contributed by atoms with Gasteiger partial charge in [-0.25, -0.2) is 4.39 Å². The molecule has 0 aliphatic carbocycles. The molecule has 0 saturated heterocycles. The Hall–Kier alpha value is -1.10. The lowest BCUT2D eigenvalue weighted by Gasteiger charge is -2.11. The molecule has 0 saturated carbocycles. The van der Waals surface area contributed by atoms with E-state index >= 15 is 0 Å². The number of halogens is 4. The van der Waals surface area contributed by atoms with E-state index in [1.54, 1.807) is 0 Å². The van der Waals surface area contributed by atoms with Crippen molar-refractivity contribution in [3.63, 3.8) is 0 Å². The molecule has 0 unspecified atom stereocenters. The molecule has 0 spiro atoms. The third-order valence-electron chi connectivity index (χ3n) is 3.78. The van der Waals surface area contributed by atoms with Crippen molar-refractivity contribution >= 4 is 0 Å². The summed E-state index contributed by atoms with van der Waals surface area (Å²) in [6.45, 7) is 0.739. The zero-order valence-electron chi connectivity index (χ0n) is 12.9. The maximum Gasteiger partial charge on any atom is 0.419 e. The van der Waals surface area contributed by atoms with Crippen LogP contribution in [-0.2, 0) is 12.6 Å². The van der Waals surface area contributed by atoms with E-state index in [0.717, 1.165) is 57.6 Å². The van der Waals surface area contributed by atoms with Gasteiger partial charge in [-0.15, -0.1) is 0 Å². The third-order valence-corrected chi connectivity index (χ3v) is 3.78. The molecule has 0 amide bonds. The van der Waals surface area contributed by atoms with E-state index in [4.69, 9.17) is 5.73 Å². The third kappa shape index (κ3) is 6.77. The summed E-state index contributed by atoms with van der Waals surface area (Å²) in [5, 5.41) is 0. The highest BCUT2D eigenvalue weighted by atomic mass is 19.4. The standard InChI is InChI=1S/C17H25F4N/c18-16-14(11-9-12-15(16)17(19,20)21)10-7-5-3-1-2-4-6-8-13-22/h9,11-12H,1-8,10,13,22H2. The van der Waals surface area contributed by atoms with Gasteiger partial charge in [-0.2, -0.15) is 13.2 Å². The quantitative estimate of drug-likeness (QED) is 0.449. The van der Waals surface area contributed by atoms with Crippen LogP contribution >= 0.6 is 0 Å². The minimum absolute atomic E-state index is 0.165. The Morgan fingerprint density at radius 3 is 1.91 bits per heavy atom. The molecule has 0 aliphatic heterocycles. The van der Waals surface area contributed by atoms with E-state index in [1.807, 2.05) is 0 Å². The monoisotopic (exact) mass is 319 g/mol. The summed E-state index contributed by atoms with van der Waals surface area (Å²) in [4.78, 5) is 0. The second kappa shape index (κ2) is 9.82. The van der Waals surface area contributed by atoms with E-state index in [9.17, 15) is 17.6 Å². The first-order chi connectivity index (χ1) is 10.5. The number of unbranched alkanes of at least 4 members (excludes halogenated alkanes) is 7. The molecule has 0 radical (unpaired) electrons. The SMILES string of the molecule is NCCCCCCCCCCc1cccc(C(F)(F)F)c1F. The first kappa shape index (κ1) is 18.9. The number of hydrogen-bond acceptors (Lipinski definition) is 1. The highest BCUT2D eigenvalue weighted by Gasteiger charge is 2.34. The van der Waals surface area contributed by atoms with Crippen molar-refractivity contribution in [2.75, 3.05) is 6.54 Å². The smallest absolute Gasteiger partial charge is 0.330 e. The van der Waals surface area contributed by atoms with Crippen LogP contribution in [0.5, 0.6) is 0 Å². The average molecular weight is 319 g/mol. The summed E-state index contributed by atoms with van der Waals surface area (Å²) in [5.74, 6) is -1.11. The predicted molar refractivity (Wildman–Crippen MR) is 81.1 cm³/mol. The van der Waals surface area contributed by atoms with Crippen molar-refractivity contribution in [3.05, 3.63) is 35.1 Å². The van der Waals surface area contributed by atoms with Crippen LogP contribution in [0.15, 0.2) is 18.2 Å². The molecule has 0 aliphatic rings. The fraction of sp³-hybridized carbons (Fsp3) is 0.647. The number of benzene rings is 1. The topological polar surface area (TPSA) is 26.0 Å². The molecule has 0 fully saturated rings. The Balaban J connectivity index is 2.26. The van der Waals surface area contributed by atoms with Gasteiger partial charge < -0.3 is 5.73 Å². The minimum atomic E-state index is -4.62. The molecular formula is C17H25F4N. The van der Waals surface area contributed by atoms with Gasteiger partial charge in [-0.1, -0.05) is 50.7 Å². The van der Waals surface area contributed by atoms with Crippen LogP contribution in [-0.4, -0.2) is 6.54 Å². The van der Waals surface area contributed by atoms with E-state index < -0.39 is 17.6 Å². The Labute approximate surface area is 129 Å². The Morgan fingerprint density at radius 1 is 0.818 bits per heavy atom. The van der Waals surface area contributed by atoms with E-state index in [2.05, 4.69) is 0 Å². The number of aryl methyl sites for hydroxylation is 1. The van der Waals surface area contributed by atoms with Crippen molar-refractivity contribution in [1.82, 2.24) is 0 Å². The van der Waals surface area contributed by atoms with Crippen LogP contribution in [0.3, 0.4) is 0 Å². The molecule has 5 heteroatoms. The molecule has 1 aromatic rings. The zero-order valence-corrected chi connectivity index (χ0v) is 12.9. The van der Waals surface area contributed by atoms with Gasteiger partial charge >= 0.3 is 6.18 Å². The highest BCUT2D eigenvalue weighted by molar-refractivity contribution is 5.28. The van der Waals surface area contributed by atoms with Crippen molar-refractivity contribution in [3.8, 4) is 0 Å². The largest absolute Gasteiger partial charge is 0.419 e. The van der Waals surface area contributed by atoms with Gasteiger partial charge in [0.25, 0.3) is 0 Å². The fourth-order valence-electron chi connectivity index (χ4n) is 2.51. The van der Waals surface area contributed by atoms with Crippen LogP contribution in [0, 0.1) is 5.82 Å². The maximum atomic E-state index is 13.8. The van der Waals surface area contributed by atoms with Crippen molar-refractivity contribution < 1.29 is 17.6 Å². The van der Waals surface area contributed by atoms with Crippen molar-refractivity contribution in [2.45, 2.75) is 64.0 Å². The lowest BCUT2D eigenvalue weighted by molar-refractivity contribution is -0.140. The number of hydrogen-bond donors (Lipinski definition) is 1. The summed E-state index contributed by atoms with van der Waals surface area (Å²) in [5.41, 5.74) is 4.42. The van der Waals surface area contributed by atoms with E-state index in [0.29, 0.717) is 6.42 Å². The second-order valence-corrected chi connectivity index (χ2v) is 5.64. The Kier molecular flexibility index (Phi) is 8.46. The van der Waals surface area contributed by atoms with E-state index in [1.165, 1.54) is 18.6 Å². The van der Waals surface area contributed by atoms with E-state index in [-0.39, 0.29) is 5.56 Å².